The lowest BCUT2D eigenvalue weighted by Crippen LogP contribution is -2.44. The van der Waals surface area contributed by atoms with Crippen molar-refractivity contribution >= 4 is 29.2 Å². The summed E-state index contributed by atoms with van der Waals surface area (Å²) in [4.78, 5) is 33.9. The van der Waals surface area contributed by atoms with Crippen molar-refractivity contribution in [2.75, 3.05) is 43.4 Å². The van der Waals surface area contributed by atoms with Crippen molar-refractivity contribution in [3.05, 3.63) is 24.3 Å². The Balaban J connectivity index is 0.000000379. The van der Waals surface area contributed by atoms with E-state index in [4.69, 9.17) is 19.8 Å². The molecule has 3 N–H and O–H groups in total. The van der Waals surface area contributed by atoms with Crippen LogP contribution in [0.5, 0.6) is 0 Å². The topological polar surface area (TPSA) is 110 Å². The van der Waals surface area contributed by atoms with Gasteiger partial charge in [0.05, 0.1) is 0 Å². The second-order valence-electron chi connectivity index (χ2n) is 5.13. The number of carbonyl (C=O) groups excluding carboxylic acids is 1. The van der Waals surface area contributed by atoms with Crippen LogP contribution in [0.1, 0.15) is 6.92 Å². The molecular formula is C15H21N3O5. The lowest BCUT2D eigenvalue weighted by Gasteiger charge is -2.34. The van der Waals surface area contributed by atoms with Gasteiger partial charge in [-0.15, -0.1) is 0 Å². The summed E-state index contributed by atoms with van der Waals surface area (Å²) in [6.45, 7) is 5.79. The minimum absolute atomic E-state index is 0.0273. The first-order valence-electron chi connectivity index (χ1n) is 7.07. The van der Waals surface area contributed by atoms with Crippen molar-refractivity contribution in [2.45, 2.75) is 6.92 Å². The fourth-order valence-electron chi connectivity index (χ4n) is 2.05. The van der Waals surface area contributed by atoms with Gasteiger partial charge in [-0.1, -0.05) is 6.07 Å². The largest absolute Gasteiger partial charge is 0.473 e. The molecule has 1 heterocycles. The van der Waals surface area contributed by atoms with Crippen molar-refractivity contribution in [3.8, 4) is 0 Å². The van der Waals surface area contributed by atoms with Crippen LogP contribution in [-0.2, 0) is 14.4 Å². The smallest absolute Gasteiger partial charge is 0.414 e. The van der Waals surface area contributed by atoms with Gasteiger partial charge < -0.3 is 25.3 Å². The maximum absolute atomic E-state index is 11.0. The fraction of sp³-hybridized carbons (Fsp3) is 0.400. The molecule has 0 saturated carbocycles. The van der Waals surface area contributed by atoms with E-state index in [0.29, 0.717) is 0 Å². The third-order valence-electron chi connectivity index (χ3n) is 3.22. The molecule has 0 atom stereocenters. The summed E-state index contributed by atoms with van der Waals surface area (Å²) in [6.07, 6.45) is 0. The van der Waals surface area contributed by atoms with E-state index in [1.807, 2.05) is 18.2 Å². The number of hydrogen-bond acceptors (Lipinski definition) is 5. The number of nitrogens with zero attached hydrogens (tertiary/aromatic N) is 2. The Hall–Kier alpha value is -2.61. The zero-order valence-electron chi connectivity index (χ0n) is 13.2. The van der Waals surface area contributed by atoms with Crippen LogP contribution in [0, 0.1) is 0 Å². The zero-order valence-corrected chi connectivity index (χ0v) is 13.2. The second-order valence-corrected chi connectivity index (χ2v) is 5.13. The molecule has 1 fully saturated rings. The molecule has 2 rings (SSSR count). The van der Waals surface area contributed by atoms with Gasteiger partial charge in [-0.2, -0.15) is 0 Å². The Morgan fingerprint density at radius 1 is 1.04 bits per heavy atom. The van der Waals surface area contributed by atoms with Gasteiger partial charge in [-0.3, -0.25) is 4.79 Å². The lowest BCUT2D eigenvalue weighted by molar-refractivity contribution is -0.159. The molecule has 1 aromatic carbocycles. The monoisotopic (exact) mass is 323 g/mol. The van der Waals surface area contributed by atoms with Crippen molar-refractivity contribution in [1.82, 2.24) is 4.90 Å². The SMILES string of the molecule is CC(=O)Nc1cccc(N2CCN(C)CC2)c1.O=C(O)C(=O)O. The molecule has 0 aliphatic carbocycles. The molecule has 126 valence electrons. The van der Waals surface area contributed by atoms with Crippen molar-refractivity contribution in [1.29, 1.82) is 0 Å². The van der Waals surface area contributed by atoms with Crippen LogP contribution < -0.4 is 10.2 Å². The van der Waals surface area contributed by atoms with E-state index in [-0.39, 0.29) is 5.91 Å². The molecule has 8 nitrogen and oxygen atoms in total. The molecule has 0 spiro atoms. The predicted molar refractivity (Wildman–Crippen MR) is 85.7 cm³/mol. The molecule has 1 aliphatic rings. The van der Waals surface area contributed by atoms with Crippen molar-refractivity contribution in [2.24, 2.45) is 0 Å². The summed E-state index contributed by atoms with van der Waals surface area (Å²) in [5.74, 6) is -3.68. The standard InChI is InChI=1S/C13H19N3O.C2H2O4/c1-11(17)14-12-4-3-5-13(10-12)16-8-6-15(2)7-9-16;3-1(4)2(5)6/h3-5,10H,6-9H2,1-2H3,(H,14,17);(H,3,4)(H,5,6). The number of aliphatic carboxylic acids is 2. The van der Waals surface area contributed by atoms with E-state index < -0.39 is 11.9 Å². The molecule has 0 unspecified atom stereocenters. The van der Waals surface area contributed by atoms with Gasteiger partial charge in [0.2, 0.25) is 5.91 Å². The van der Waals surface area contributed by atoms with Crippen LogP contribution in [-0.4, -0.2) is 66.2 Å². The highest BCUT2D eigenvalue weighted by Gasteiger charge is 2.14. The summed E-state index contributed by atoms with van der Waals surface area (Å²) in [6, 6.07) is 8.03. The number of hydrogen-bond donors (Lipinski definition) is 3. The Labute approximate surface area is 134 Å². The first-order valence-corrected chi connectivity index (χ1v) is 7.07. The van der Waals surface area contributed by atoms with Crippen LogP contribution in [0.3, 0.4) is 0 Å². The molecule has 0 radical (unpaired) electrons. The Morgan fingerprint density at radius 2 is 1.61 bits per heavy atom. The normalized spacial score (nSPS) is 14.4. The molecular weight excluding hydrogens is 302 g/mol. The molecule has 1 amide bonds. The summed E-state index contributed by atoms with van der Waals surface area (Å²) < 4.78 is 0. The number of carboxylic acids is 2. The molecule has 23 heavy (non-hydrogen) atoms. The molecule has 8 heteroatoms. The van der Waals surface area contributed by atoms with Gasteiger partial charge in [-0.05, 0) is 25.2 Å². The minimum Gasteiger partial charge on any atom is -0.473 e. The van der Waals surface area contributed by atoms with Gasteiger partial charge in [0, 0.05) is 44.5 Å². The van der Waals surface area contributed by atoms with Crippen LogP contribution in [0.4, 0.5) is 11.4 Å². The number of piperazine rings is 1. The average Bonchev–Trinajstić information content (AvgIpc) is 2.48. The Bertz CT molecular complexity index is 556. The van der Waals surface area contributed by atoms with E-state index >= 15 is 0 Å². The van der Waals surface area contributed by atoms with Crippen LogP contribution >= 0.6 is 0 Å². The quantitative estimate of drug-likeness (QED) is 0.682. The minimum atomic E-state index is -1.82. The van der Waals surface area contributed by atoms with Crippen molar-refractivity contribution < 1.29 is 24.6 Å². The average molecular weight is 323 g/mol. The van der Waals surface area contributed by atoms with Crippen LogP contribution in [0.25, 0.3) is 0 Å². The molecule has 1 saturated heterocycles. The first-order chi connectivity index (χ1) is 10.8. The van der Waals surface area contributed by atoms with Gasteiger partial charge in [0.15, 0.2) is 0 Å². The molecule has 1 aliphatic heterocycles. The predicted octanol–water partition coefficient (Wildman–Crippen LogP) is 0.552. The number of likely N-dealkylation sites (N-methyl/N-ethyl adjacent to an activating group) is 1. The summed E-state index contributed by atoms with van der Waals surface area (Å²) in [5, 5.41) is 17.6. The number of benzene rings is 1. The Morgan fingerprint density at radius 3 is 2.09 bits per heavy atom. The maximum Gasteiger partial charge on any atom is 0.414 e. The van der Waals surface area contributed by atoms with Gasteiger partial charge in [-0.25, -0.2) is 9.59 Å². The van der Waals surface area contributed by atoms with Gasteiger partial charge in [0.25, 0.3) is 0 Å². The molecule has 0 aromatic heterocycles. The number of carbonyl (C=O) groups is 3. The highest BCUT2D eigenvalue weighted by atomic mass is 16.4. The number of anilines is 2. The zero-order chi connectivity index (χ0) is 17.4. The van der Waals surface area contributed by atoms with E-state index in [0.717, 1.165) is 31.9 Å². The van der Waals surface area contributed by atoms with Gasteiger partial charge >= 0.3 is 11.9 Å². The van der Waals surface area contributed by atoms with Crippen LogP contribution in [0.2, 0.25) is 0 Å². The van der Waals surface area contributed by atoms with E-state index in [1.165, 1.54) is 12.6 Å². The number of carboxylic acid groups (broad SMARTS) is 2. The third-order valence-corrected chi connectivity index (χ3v) is 3.22. The molecule has 0 bridgehead atoms. The highest BCUT2D eigenvalue weighted by Crippen LogP contribution is 2.20. The van der Waals surface area contributed by atoms with Gasteiger partial charge in [0.1, 0.15) is 0 Å². The summed E-state index contributed by atoms with van der Waals surface area (Å²) >= 11 is 0. The fourth-order valence-corrected chi connectivity index (χ4v) is 2.05. The van der Waals surface area contributed by atoms with E-state index in [9.17, 15) is 4.79 Å². The van der Waals surface area contributed by atoms with Crippen molar-refractivity contribution in [3.63, 3.8) is 0 Å². The van der Waals surface area contributed by atoms with E-state index in [1.54, 1.807) is 0 Å². The Kier molecular flexibility index (Phi) is 7.01. The van der Waals surface area contributed by atoms with E-state index in [2.05, 4.69) is 28.2 Å². The maximum atomic E-state index is 11.0. The third kappa shape index (κ3) is 6.79. The highest BCUT2D eigenvalue weighted by molar-refractivity contribution is 6.27. The molecule has 1 aromatic rings. The summed E-state index contributed by atoms with van der Waals surface area (Å²) in [5.41, 5.74) is 2.05. The van der Waals surface area contributed by atoms with Crippen LogP contribution in [0.15, 0.2) is 24.3 Å². The first kappa shape index (κ1) is 18.4. The number of rotatable bonds is 2. The number of amides is 1. The lowest BCUT2D eigenvalue weighted by atomic mass is 10.2. The number of nitrogens with one attached hydrogen (secondary N) is 1. The summed E-state index contributed by atoms with van der Waals surface area (Å²) in [7, 11) is 2.14. The second kappa shape index (κ2) is 8.74.